The maximum absolute atomic E-state index is 12.4. The molecule has 1 aliphatic heterocycles. The highest BCUT2D eigenvalue weighted by atomic mass is 79.9. The van der Waals surface area contributed by atoms with E-state index in [9.17, 15) is 19.5 Å². The number of allylic oxidation sites excluding steroid dienone is 1. The number of ether oxygens (including phenoxy) is 5. The van der Waals surface area contributed by atoms with Crippen molar-refractivity contribution in [2.75, 3.05) is 33.5 Å². The first-order valence-corrected chi connectivity index (χ1v) is 14.2. The number of aliphatic hydroxyl groups excluding tert-OH is 1. The molecule has 0 radical (unpaired) electrons. The van der Waals surface area contributed by atoms with Gasteiger partial charge in [-0.2, -0.15) is 5.10 Å². The van der Waals surface area contributed by atoms with Gasteiger partial charge in [0.25, 0.3) is 0 Å². The van der Waals surface area contributed by atoms with Crippen molar-refractivity contribution in [3.05, 3.63) is 62.2 Å². The number of amides is 2. The van der Waals surface area contributed by atoms with Crippen molar-refractivity contribution in [3.63, 3.8) is 0 Å². The lowest BCUT2D eigenvalue weighted by molar-refractivity contribution is -0.145. The Morgan fingerprint density at radius 1 is 1.16 bits per heavy atom. The van der Waals surface area contributed by atoms with Gasteiger partial charge in [-0.15, -0.1) is 0 Å². The molecule has 0 bridgehead atoms. The monoisotopic (exact) mass is 682 g/mol. The van der Waals surface area contributed by atoms with Crippen LogP contribution in [0.2, 0.25) is 5.02 Å². The highest BCUT2D eigenvalue weighted by Crippen LogP contribution is 2.35. The van der Waals surface area contributed by atoms with Gasteiger partial charge in [-0.1, -0.05) is 17.7 Å². The van der Waals surface area contributed by atoms with Crippen LogP contribution in [0.1, 0.15) is 37.9 Å². The topological polar surface area (TPSA) is 166 Å². The first-order chi connectivity index (χ1) is 20.6. The van der Waals surface area contributed by atoms with E-state index in [1.165, 1.54) is 13.3 Å². The molecule has 4 N–H and O–H groups in total. The third-order valence-electron chi connectivity index (χ3n) is 5.77. The summed E-state index contributed by atoms with van der Waals surface area (Å²) in [5, 5.41) is 19.9. The molecular formula is C28H32BrClN4O9. The number of hydrogen-bond acceptors (Lipinski definition) is 11. The smallest absolute Gasteiger partial charge is 0.344 e. The number of nitrogens with zero attached hydrogens (tertiary/aromatic N) is 1. The molecule has 0 fully saturated rings. The molecule has 0 aromatic heterocycles. The van der Waals surface area contributed by atoms with E-state index < -0.39 is 30.2 Å². The van der Waals surface area contributed by atoms with Crippen LogP contribution >= 0.6 is 27.5 Å². The lowest BCUT2D eigenvalue weighted by Crippen LogP contribution is -2.45. The molecule has 0 saturated heterocycles. The molecule has 2 amide bonds. The Bertz CT molecular complexity index is 1380. The van der Waals surface area contributed by atoms with Gasteiger partial charge in [-0.05, 0) is 72.1 Å². The Labute approximate surface area is 261 Å². The van der Waals surface area contributed by atoms with Gasteiger partial charge in [-0.3, -0.25) is 5.43 Å². The van der Waals surface area contributed by atoms with Crippen LogP contribution in [0, 0.1) is 0 Å². The fourth-order valence-electron chi connectivity index (χ4n) is 3.95. The standard InChI is InChI=1S/C28H32BrClN4O9/c1-5-40-21-11-17(25-24(27(37)39-4)15(3)32-28(38)33-25)7-8-20(21)42-13-22(35)34-31-12-16-9-18(29)26(19(30)10-16)43-14-23(36)41-6-2/h7-12,22,25,34-35H,5-6,13-14H2,1-4H3,(H2,32,33,38)/b31-12-/t22-,25-/m0/s1. The minimum absolute atomic E-state index is 0.196. The third-order valence-corrected chi connectivity index (χ3v) is 6.64. The van der Waals surface area contributed by atoms with Crippen LogP contribution in [0.15, 0.2) is 51.2 Å². The number of hydrogen-bond donors (Lipinski definition) is 4. The highest BCUT2D eigenvalue weighted by Gasteiger charge is 2.32. The maximum Gasteiger partial charge on any atom is 0.344 e. The normalized spacial score (nSPS) is 15.3. The van der Waals surface area contributed by atoms with E-state index in [2.05, 4.69) is 37.1 Å². The van der Waals surface area contributed by atoms with Gasteiger partial charge >= 0.3 is 18.0 Å². The second kappa shape index (κ2) is 16.0. The molecule has 0 saturated carbocycles. The van der Waals surface area contributed by atoms with E-state index in [4.69, 9.17) is 35.3 Å². The number of nitrogens with one attached hydrogen (secondary N) is 3. The van der Waals surface area contributed by atoms with Crippen LogP contribution in [0.25, 0.3) is 0 Å². The van der Waals surface area contributed by atoms with Crippen LogP contribution in [0.3, 0.4) is 0 Å². The van der Waals surface area contributed by atoms with Gasteiger partial charge in [0.1, 0.15) is 6.61 Å². The molecule has 2 aromatic rings. The summed E-state index contributed by atoms with van der Waals surface area (Å²) in [6.07, 6.45) is 0.230. The van der Waals surface area contributed by atoms with Crippen molar-refractivity contribution in [2.24, 2.45) is 5.10 Å². The largest absolute Gasteiger partial charge is 0.490 e. The predicted molar refractivity (Wildman–Crippen MR) is 160 cm³/mol. The van der Waals surface area contributed by atoms with E-state index >= 15 is 0 Å². The molecule has 15 heteroatoms. The Morgan fingerprint density at radius 2 is 1.93 bits per heavy atom. The fourth-order valence-corrected chi connectivity index (χ4v) is 4.93. The molecule has 3 rings (SSSR count). The Hall–Kier alpha value is -4.01. The fraction of sp³-hybridized carbons (Fsp3) is 0.357. The number of carbonyl (C=O) groups is 3. The van der Waals surface area contributed by atoms with Crippen LogP contribution < -0.4 is 30.3 Å². The van der Waals surface area contributed by atoms with E-state index in [-0.39, 0.29) is 36.2 Å². The number of methoxy groups -OCH3 is 1. The Balaban J connectivity index is 1.64. The Kier molecular flexibility index (Phi) is 12.5. The number of halogens is 2. The summed E-state index contributed by atoms with van der Waals surface area (Å²) >= 11 is 9.64. The van der Waals surface area contributed by atoms with Crippen LogP contribution in [0.5, 0.6) is 17.2 Å². The summed E-state index contributed by atoms with van der Waals surface area (Å²) in [7, 11) is 1.26. The molecule has 43 heavy (non-hydrogen) atoms. The molecule has 2 atom stereocenters. The third kappa shape index (κ3) is 9.24. The number of urea groups is 1. The van der Waals surface area contributed by atoms with Crippen molar-refractivity contribution < 1.29 is 43.2 Å². The van der Waals surface area contributed by atoms with Gasteiger partial charge in [0, 0.05) is 5.70 Å². The summed E-state index contributed by atoms with van der Waals surface area (Å²) in [4.78, 5) is 36.1. The molecule has 0 spiro atoms. The second-order valence-electron chi connectivity index (χ2n) is 8.82. The molecule has 0 aliphatic carbocycles. The van der Waals surface area contributed by atoms with Crippen molar-refractivity contribution >= 4 is 51.7 Å². The molecule has 13 nitrogen and oxygen atoms in total. The van der Waals surface area contributed by atoms with Crippen LogP contribution in [-0.4, -0.2) is 69.1 Å². The summed E-state index contributed by atoms with van der Waals surface area (Å²) < 4.78 is 27.1. The minimum Gasteiger partial charge on any atom is -0.490 e. The zero-order valence-corrected chi connectivity index (χ0v) is 26.2. The van der Waals surface area contributed by atoms with Gasteiger partial charge in [-0.25, -0.2) is 14.4 Å². The van der Waals surface area contributed by atoms with Gasteiger partial charge in [0.15, 0.2) is 30.1 Å². The second-order valence-corrected chi connectivity index (χ2v) is 10.1. The molecular weight excluding hydrogens is 652 g/mol. The predicted octanol–water partition coefficient (Wildman–Crippen LogP) is 3.56. The maximum atomic E-state index is 12.4. The number of carbonyl (C=O) groups excluding carboxylic acids is 3. The number of hydrazone groups is 1. The first kappa shape index (κ1) is 33.5. The Morgan fingerprint density at radius 3 is 2.60 bits per heavy atom. The highest BCUT2D eigenvalue weighted by molar-refractivity contribution is 9.10. The number of benzene rings is 2. The van der Waals surface area contributed by atoms with E-state index in [1.807, 2.05) is 0 Å². The average molecular weight is 684 g/mol. The van der Waals surface area contributed by atoms with Crippen LogP contribution in [-0.2, 0) is 19.1 Å². The molecule has 1 aliphatic rings. The first-order valence-electron chi connectivity index (χ1n) is 13.1. The van der Waals surface area contributed by atoms with Crippen LogP contribution in [0.4, 0.5) is 4.79 Å². The number of rotatable bonds is 14. The summed E-state index contributed by atoms with van der Waals surface area (Å²) in [6.45, 7) is 5.17. The SMILES string of the molecule is CCOC(=O)COc1c(Cl)cc(/C=N\N[C@@H](O)COc2ccc([C@@H]3NC(=O)NC(C)=C3C(=O)OC)cc2OCC)cc1Br. The van der Waals surface area contributed by atoms with Crippen molar-refractivity contribution in [1.82, 2.24) is 16.1 Å². The van der Waals surface area contributed by atoms with Crippen molar-refractivity contribution in [3.8, 4) is 17.2 Å². The zero-order chi connectivity index (χ0) is 31.5. The molecule has 2 aromatic carbocycles. The lowest BCUT2D eigenvalue weighted by Gasteiger charge is -2.28. The number of esters is 2. The molecule has 0 unspecified atom stereocenters. The van der Waals surface area contributed by atoms with Gasteiger partial charge in [0.2, 0.25) is 0 Å². The van der Waals surface area contributed by atoms with Gasteiger partial charge in [0.05, 0.1) is 47.6 Å². The quantitative estimate of drug-likeness (QED) is 0.100. The lowest BCUT2D eigenvalue weighted by atomic mass is 9.95. The summed E-state index contributed by atoms with van der Waals surface area (Å²) in [5.74, 6) is -0.160. The van der Waals surface area contributed by atoms with Crippen molar-refractivity contribution in [1.29, 1.82) is 0 Å². The average Bonchev–Trinajstić information content (AvgIpc) is 2.95. The van der Waals surface area contributed by atoms with E-state index in [0.29, 0.717) is 39.4 Å². The summed E-state index contributed by atoms with van der Waals surface area (Å²) in [5.41, 5.74) is 4.33. The van der Waals surface area contributed by atoms with Crippen molar-refractivity contribution in [2.45, 2.75) is 33.0 Å². The number of aliphatic hydroxyl groups is 1. The molecule has 232 valence electrons. The van der Waals surface area contributed by atoms with Gasteiger partial charge < -0.3 is 39.4 Å². The van der Waals surface area contributed by atoms with E-state index in [0.717, 1.165) is 0 Å². The minimum atomic E-state index is -1.20. The van der Waals surface area contributed by atoms with E-state index in [1.54, 1.807) is 51.1 Å². The molecule has 1 heterocycles. The summed E-state index contributed by atoms with van der Waals surface area (Å²) in [6, 6.07) is 6.93. The zero-order valence-electron chi connectivity index (χ0n) is 23.9.